The summed E-state index contributed by atoms with van der Waals surface area (Å²) < 4.78 is 5.53. The fourth-order valence-electron chi connectivity index (χ4n) is 1.57. The topological polar surface area (TPSA) is 50.1 Å². The molecule has 1 aliphatic carbocycles. The Balaban J connectivity index is 2.65. The van der Waals surface area contributed by atoms with Crippen molar-refractivity contribution in [2.45, 2.75) is 45.6 Å². The van der Waals surface area contributed by atoms with E-state index >= 15 is 0 Å². The number of rotatable bonds is 2. The van der Waals surface area contributed by atoms with Gasteiger partial charge in [-0.15, -0.1) is 0 Å². The number of nitriles is 1. The van der Waals surface area contributed by atoms with E-state index in [4.69, 9.17) is 10.00 Å². The Morgan fingerprint density at radius 3 is 2.57 bits per heavy atom. The van der Waals surface area contributed by atoms with E-state index in [0.717, 1.165) is 6.42 Å². The molecule has 1 atom stereocenters. The highest BCUT2D eigenvalue weighted by Gasteiger charge is 2.43. The number of Topliss-reactive ketones (excluding diaryl/α,β-unsaturated/α-hetero) is 1. The first-order valence-electron chi connectivity index (χ1n) is 4.98. The summed E-state index contributed by atoms with van der Waals surface area (Å²) in [5, 5.41) is 9.03. The molecule has 0 radical (unpaired) electrons. The van der Waals surface area contributed by atoms with Crippen molar-refractivity contribution in [3.05, 3.63) is 0 Å². The molecule has 1 unspecified atom stereocenters. The lowest BCUT2D eigenvalue weighted by Crippen LogP contribution is -2.34. The molecule has 78 valence electrons. The van der Waals surface area contributed by atoms with Crippen LogP contribution >= 0.6 is 0 Å². The van der Waals surface area contributed by atoms with Gasteiger partial charge in [-0.25, -0.2) is 0 Å². The van der Waals surface area contributed by atoms with Crippen LogP contribution in [0.2, 0.25) is 0 Å². The van der Waals surface area contributed by atoms with Crippen molar-refractivity contribution in [3.8, 4) is 6.07 Å². The Morgan fingerprint density at radius 1 is 1.57 bits per heavy atom. The highest BCUT2D eigenvalue weighted by molar-refractivity contribution is 5.89. The average Bonchev–Trinajstić information content (AvgIpc) is 2.43. The molecule has 0 bridgehead atoms. The van der Waals surface area contributed by atoms with Gasteiger partial charge in [-0.05, 0) is 33.6 Å². The largest absolute Gasteiger partial charge is 0.374 e. The molecule has 0 amide bonds. The number of ether oxygens (including phenoxy) is 1. The van der Waals surface area contributed by atoms with Crippen molar-refractivity contribution in [1.29, 1.82) is 5.26 Å². The normalized spacial score (nSPS) is 27.7. The number of carbonyl (C=O) groups excluding carboxylic acids is 1. The van der Waals surface area contributed by atoms with Crippen molar-refractivity contribution >= 4 is 5.78 Å². The molecular formula is C11H17NO2. The molecule has 0 aromatic heterocycles. The molecule has 1 saturated carbocycles. The SMILES string of the molecule is CC(C)(C)OCC1(C#N)CCCC1=O. The molecule has 0 aromatic carbocycles. The molecule has 0 aromatic rings. The first-order chi connectivity index (χ1) is 6.40. The molecule has 0 saturated heterocycles. The lowest BCUT2D eigenvalue weighted by atomic mass is 9.88. The average molecular weight is 195 g/mol. The van der Waals surface area contributed by atoms with E-state index in [1.807, 2.05) is 20.8 Å². The second kappa shape index (κ2) is 3.70. The van der Waals surface area contributed by atoms with Gasteiger partial charge in [0.2, 0.25) is 0 Å². The summed E-state index contributed by atoms with van der Waals surface area (Å²) in [6.07, 6.45) is 2.00. The quantitative estimate of drug-likeness (QED) is 0.677. The summed E-state index contributed by atoms with van der Waals surface area (Å²) in [5.74, 6) is 0.0456. The molecule has 0 aliphatic heterocycles. The van der Waals surface area contributed by atoms with E-state index in [2.05, 4.69) is 6.07 Å². The van der Waals surface area contributed by atoms with Gasteiger partial charge in [0.05, 0.1) is 18.3 Å². The molecule has 1 aliphatic rings. The third kappa shape index (κ3) is 2.33. The van der Waals surface area contributed by atoms with E-state index < -0.39 is 5.41 Å². The number of nitrogens with zero attached hydrogens (tertiary/aromatic N) is 1. The number of hydrogen-bond donors (Lipinski definition) is 0. The summed E-state index contributed by atoms with van der Waals surface area (Å²) in [7, 11) is 0. The second-order valence-corrected chi connectivity index (χ2v) is 4.87. The Morgan fingerprint density at radius 2 is 2.21 bits per heavy atom. The van der Waals surface area contributed by atoms with E-state index in [1.165, 1.54) is 0 Å². The molecule has 3 nitrogen and oxygen atoms in total. The lowest BCUT2D eigenvalue weighted by molar-refractivity contribution is -0.128. The van der Waals surface area contributed by atoms with E-state index in [0.29, 0.717) is 12.8 Å². The summed E-state index contributed by atoms with van der Waals surface area (Å²) >= 11 is 0. The standard InChI is InChI=1S/C11H17NO2/c1-10(2,3)14-8-11(7-12)6-4-5-9(11)13/h4-6,8H2,1-3H3. The van der Waals surface area contributed by atoms with Gasteiger partial charge in [0, 0.05) is 6.42 Å². The fourth-order valence-corrected chi connectivity index (χ4v) is 1.57. The maximum atomic E-state index is 11.5. The smallest absolute Gasteiger partial charge is 0.155 e. The highest BCUT2D eigenvalue weighted by atomic mass is 16.5. The molecule has 0 heterocycles. The first-order valence-corrected chi connectivity index (χ1v) is 4.98. The maximum absolute atomic E-state index is 11.5. The lowest BCUT2D eigenvalue weighted by Gasteiger charge is -2.25. The van der Waals surface area contributed by atoms with Crippen molar-refractivity contribution in [2.75, 3.05) is 6.61 Å². The van der Waals surface area contributed by atoms with Gasteiger partial charge in [-0.1, -0.05) is 0 Å². The molecule has 0 N–H and O–H groups in total. The van der Waals surface area contributed by atoms with E-state index in [9.17, 15) is 4.79 Å². The Hall–Kier alpha value is -0.880. The monoisotopic (exact) mass is 195 g/mol. The van der Waals surface area contributed by atoms with Crippen molar-refractivity contribution < 1.29 is 9.53 Å². The molecule has 0 spiro atoms. The maximum Gasteiger partial charge on any atom is 0.155 e. The van der Waals surface area contributed by atoms with Crippen LogP contribution in [0.15, 0.2) is 0 Å². The zero-order chi connectivity index (χ0) is 10.8. The second-order valence-electron chi connectivity index (χ2n) is 4.87. The van der Waals surface area contributed by atoms with Crippen LogP contribution in [-0.4, -0.2) is 18.0 Å². The zero-order valence-corrected chi connectivity index (χ0v) is 9.09. The van der Waals surface area contributed by atoms with Gasteiger partial charge < -0.3 is 4.74 Å². The van der Waals surface area contributed by atoms with Crippen molar-refractivity contribution in [1.82, 2.24) is 0 Å². The van der Waals surface area contributed by atoms with Crippen LogP contribution in [0.5, 0.6) is 0 Å². The molecule has 1 rings (SSSR count). The van der Waals surface area contributed by atoms with Gasteiger partial charge in [-0.3, -0.25) is 4.79 Å². The predicted octanol–water partition coefficient (Wildman–Crippen LogP) is 2.06. The Labute approximate surface area is 85.1 Å². The minimum absolute atomic E-state index is 0.0456. The van der Waals surface area contributed by atoms with Gasteiger partial charge in [-0.2, -0.15) is 5.26 Å². The van der Waals surface area contributed by atoms with Crippen LogP contribution in [0.3, 0.4) is 0 Å². The fraction of sp³-hybridized carbons (Fsp3) is 0.818. The van der Waals surface area contributed by atoms with E-state index in [1.54, 1.807) is 0 Å². The van der Waals surface area contributed by atoms with Crippen LogP contribution in [0, 0.1) is 16.7 Å². The molecule has 3 heteroatoms. The van der Waals surface area contributed by atoms with Crippen molar-refractivity contribution in [2.24, 2.45) is 5.41 Å². The van der Waals surface area contributed by atoms with Gasteiger partial charge in [0.25, 0.3) is 0 Å². The van der Waals surface area contributed by atoms with Crippen LogP contribution < -0.4 is 0 Å². The number of ketones is 1. The summed E-state index contributed by atoms with van der Waals surface area (Å²) in [6, 6.07) is 2.13. The number of hydrogen-bond acceptors (Lipinski definition) is 3. The first kappa shape index (κ1) is 11.2. The Bertz CT molecular complexity index is 272. The third-order valence-corrected chi connectivity index (χ3v) is 2.51. The molecule has 1 fully saturated rings. The van der Waals surface area contributed by atoms with Crippen LogP contribution in [-0.2, 0) is 9.53 Å². The molecule has 14 heavy (non-hydrogen) atoms. The van der Waals surface area contributed by atoms with Crippen molar-refractivity contribution in [3.63, 3.8) is 0 Å². The summed E-state index contributed by atoms with van der Waals surface area (Å²) in [5.41, 5.74) is -1.14. The van der Waals surface area contributed by atoms with Gasteiger partial charge in [0.1, 0.15) is 5.41 Å². The van der Waals surface area contributed by atoms with Crippen LogP contribution in [0.25, 0.3) is 0 Å². The summed E-state index contributed by atoms with van der Waals surface area (Å²) in [4.78, 5) is 11.5. The highest BCUT2D eigenvalue weighted by Crippen LogP contribution is 2.35. The molecular weight excluding hydrogens is 178 g/mol. The van der Waals surface area contributed by atoms with Gasteiger partial charge >= 0.3 is 0 Å². The van der Waals surface area contributed by atoms with Crippen LogP contribution in [0.1, 0.15) is 40.0 Å². The van der Waals surface area contributed by atoms with E-state index in [-0.39, 0.29) is 18.0 Å². The third-order valence-electron chi connectivity index (χ3n) is 2.51. The van der Waals surface area contributed by atoms with Gasteiger partial charge in [0.15, 0.2) is 5.78 Å². The number of carbonyl (C=O) groups is 1. The zero-order valence-electron chi connectivity index (χ0n) is 9.09. The minimum atomic E-state index is -0.854. The minimum Gasteiger partial charge on any atom is -0.374 e. The summed E-state index contributed by atoms with van der Waals surface area (Å²) in [6.45, 7) is 6.03. The predicted molar refractivity (Wildman–Crippen MR) is 52.6 cm³/mol. The van der Waals surface area contributed by atoms with Crippen LogP contribution in [0.4, 0.5) is 0 Å². The Kier molecular flexibility index (Phi) is 2.96.